The van der Waals surface area contributed by atoms with Crippen molar-refractivity contribution in [2.75, 3.05) is 26.7 Å². The SMILES string of the molecule is Cc1cc(C)n([C@H](C)CC(=O)N2CC[C@@H](c3ncc4c(n3)CCN(C)C4)C2)n1. The van der Waals surface area contributed by atoms with E-state index in [4.69, 9.17) is 4.98 Å². The fourth-order valence-corrected chi connectivity index (χ4v) is 4.43. The number of aryl methyl sites for hydroxylation is 2. The summed E-state index contributed by atoms with van der Waals surface area (Å²) >= 11 is 0. The summed E-state index contributed by atoms with van der Waals surface area (Å²) in [6.45, 7) is 9.57. The number of hydrogen-bond donors (Lipinski definition) is 0. The molecule has 0 aliphatic carbocycles. The Hall–Kier alpha value is -2.28. The van der Waals surface area contributed by atoms with Gasteiger partial charge in [0.05, 0.1) is 11.7 Å². The molecule has 2 aliphatic heterocycles. The Balaban J connectivity index is 1.38. The number of nitrogens with zero attached hydrogens (tertiary/aromatic N) is 6. The van der Waals surface area contributed by atoms with Crippen LogP contribution in [0.15, 0.2) is 12.3 Å². The van der Waals surface area contributed by atoms with Gasteiger partial charge in [0.15, 0.2) is 0 Å². The Bertz CT molecular complexity index is 876. The lowest BCUT2D eigenvalue weighted by atomic mass is 10.1. The van der Waals surface area contributed by atoms with E-state index in [9.17, 15) is 4.79 Å². The number of amides is 1. The number of fused-ring (bicyclic) bond motifs is 1. The van der Waals surface area contributed by atoms with Gasteiger partial charge < -0.3 is 9.80 Å². The van der Waals surface area contributed by atoms with Crippen molar-refractivity contribution in [1.29, 1.82) is 0 Å². The Morgan fingerprint density at radius 3 is 2.89 bits per heavy atom. The zero-order chi connectivity index (χ0) is 19.8. The summed E-state index contributed by atoms with van der Waals surface area (Å²) < 4.78 is 1.96. The van der Waals surface area contributed by atoms with Crippen LogP contribution >= 0.6 is 0 Å². The first-order valence-electron chi connectivity index (χ1n) is 10.2. The van der Waals surface area contributed by atoms with Crippen molar-refractivity contribution in [3.8, 4) is 0 Å². The largest absolute Gasteiger partial charge is 0.342 e. The molecule has 7 heteroatoms. The van der Waals surface area contributed by atoms with Crippen LogP contribution in [-0.4, -0.2) is 62.1 Å². The van der Waals surface area contributed by atoms with Gasteiger partial charge in [-0.15, -0.1) is 0 Å². The predicted molar refractivity (Wildman–Crippen MR) is 107 cm³/mol. The van der Waals surface area contributed by atoms with Crippen LogP contribution in [0.2, 0.25) is 0 Å². The molecule has 2 aromatic heterocycles. The topological polar surface area (TPSA) is 67.2 Å². The van der Waals surface area contributed by atoms with E-state index in [1.54, 1.807) is 0 Å². The summed E-state index contributed by atoms with van der Waals surface area (Å²) in [7, 11) is 2.13. The molecule has 0 spiro atoms. The lowest BCUT2D eigenvalue weighted by Crippen LogP contribution is -2.31. The molecule has 2 aromatic rings. The summed E-state index contributed by atoms with van der Waals surface area (Å²) in [6.07, 6.45) is 4.39. The van der Waals surface area contributed by atoms with Gasteiger partial charge in [-0.25, -0.2) is 9.97 Å². The highest BCUT2D eigenvalue weighted by Crippen LogP contribution is 2.27. The minimum absolute atomic E-state index is 0.0669. The summed E-state index contributed by atoms with van der Waals surface area (Å²) in [5.74, 6) is 1.35. The molecular weight excluding hydrogens is 352 g/mol. The molecule has 0 aromatic carbocycles. The summed E-state index contributed by atoms with van der Waals surface area (Å²) in [6, 6.07) is 2.12. The molecule has 2 aliphatic rings. The Labute approximate surface area is 166 Å². The quantitative estimate of drug-likeness (QED) is 0.811. The molecule has 28 heavy (non-hydrogen) atoms. The van der Waals surface area contributed by atoms with Crippen molar-refractivity contribution in [2.24, 2.45) is 0 Å². The highest BCUT2D eigenvalue weighted by molar-refractivity contribution is 5.77. The molecule has 150 valence electrons. The zero-order valence-electron chi connectivity index (χ0n) is 17.4. The lowest BCUT2D eigenvalue weighted by Gasteiger charge is -2.24. The number of hydrogen-bond acceptors (Lipinski definition) is 5. The van der Waals surface area contributed by atoms with Gasteiger partial charge in [-0.2, -0.15) is 5.10 Å². The van der Waals surface area contributed by atoms with Gasteiger partial charge in [0.2, 0.25) is 5.91 Å². The van der Waals surface area contributed by atoms with Gasteiger partial charge in [-0.1, -0.05) is 0 Å². The minimum atomic E-state index is 0.0669. The van der Waals surface area contributed by atoms with E-state index in [-0.39, 0.29) is 17.9 Å². The smallest absolute Gasteiger partial charge is 0.224 e. The van der Waals surface area contributed by atoms with Crippen molar-refractivity contribution in [3.63, 3.8) is 0 Å². The van der Waals surface area contributed by atoms with Crippen molar-refractivity contribution in [2.45, 2.75) is 58.5 Å². The predicted octanol–water partition coefficient (Wildman–Crippen LogP) is 2.25. The Morgan fingerprint density at radius 1 is 1.32 bits per heavy atom. The van der Waals surface area contributed by atoms with Crippen LogP contribution in [0.25, 0.3) is 0 Å². The van der Waals surface area contributed by atoms with Gasteiger partial charge in [-0.3, -0.25) is 9.48 Å². The number of rotatable bonds is 4. The second-order valence-corrected chi connectivity index (χ2v) is 8.44. The van der Waals surface area contributed by atoms with Gasteiger partial charge >= 0.3 is 0 Å². The minimum Gasteiger partial charge on any atom is -0.342 e. The van der Waals surface area contributed by atoms with Crippen molar-refractivity contribution in [3.05, 3.63) is 40.7 Å². The van der Waals surface area contributed by atoms with Crippen LogP contribution < -0.4 is 0 Å². The molecule has 4 rings (SSSR count). The van der Waals surface area contributed by atoms with E-state index in [0.717, 1.165) is 56.2 Å². The van der Waals surface area contributed by atoms with E-state index >= 15 is 0 Å². The highest BCUT2D eigenvalue weighted by atomic mass is 16.2. The molecule has 0 bridgehead atoms. The van der Waals surface area contributed by atoms with Crippen molar-refractivity contribution in [1.82, 2.24) is 29.5 Å². The van der Waals surface area contributed by atoms with E-state index in [2.05, 4.69) is 35.0 Å². The molecule has 1 amide bonds. The van der Waals surface area contributed by atoms with E-state index < -0.39 is 0 Å². The first kappa shape index (κ1) is 19.1. The standard InChI is InChI=1S/C21H30N6O/c1-14-9-15(2)27(24-14)16(3)10-20(28)26-8-5-17(13-26)21-22-11-18-12-25(4)7-6-19(18)23-21/h9,11,16-17H,5-8,10,12-13H2,1-4H3/t16-,17-/m1/s1. The normalized spacial score (nSPS) is 21.0. The first-order valence-corrected chi connectivity index (χ1v) is 10.2. The highest BCUT2D eigenvalue weighted by Gasteiger charge is 2.30. The van der Waals surface area contributed by atoms with Crippen molar-refractivity contribution >= 4 is 5.91 Å². The van der Waals surface area contributed by atoms with E-state index in [0.29, 0.717) is 6.42 Å². The van der Waals surface area contributed by atoms with Gasteiger partial charge in [0.25, 0.3) is 0 Å². The summed E-state index contributed by atoms with van der Waals surface area (Å²) in [5, 5.41) is 4.52. The summed E-state index contributed by atoms with van der Waals surface area (Å²) in [5.41, 5.74) is 4.52. The number of carbonyl (C=O) groups is 1. The van der Waals surface area contributed by atoms with Crippen LogP contribution in [0.5, 0.6) is 0 Å². The monoisotopic (exact) mass is 382 g/mol. The van der Waals surface area contributed by atoms with Crippen LogP contribution in [0.1, 0.15) is 60.2 Å². The van der Waals surface area contributed by atoms with Crippen LogP contribution in [0, 0.1) is 13.8 Å². The van der Waals surface area contributed by atoms with Crippen LogP contribution in [0.4, 0.5) is 0 Å². The van der Waals surface area contributed by atoms with E-state index in [1.807, 2.05) is 29.6 Å². The number of carbonyl (C=O) groups excluding carboxylic acids is 1. The molecule has 0 unspecified atom stereocenters. The summed E-state index contributed by atoms with van der Waals surface area (Å²) in [4.78, 5) is 26.6. The van der Waals surface area contributed by atoms with Crippen LogP contribution in [0.3, 0.4) is 0 Å². The fourth-order valence-electron chi connectivity index (χ4n) is 4.43. The third-order valence-corrected chi connectivity index (χ3v) is 5.98. The third-order valence-electron chi connectivity index (χ3n) is 5.98. The van der Waals surface area contributed by atoms with Gasteiger partial charge in [0.1, 0.15) is 5.82 Å². The molecule has 0 saturated carbocycles. The maximum absolute atomic E-state index is 12.8. The number of aromatic nitrogens is 4. The fraction of sp³-hybridized carbons (Fsp3) is 0.619. The van der Waals surface area contributed by atoms with Crippen molar-refractivity contribution < 1.29 is 4.79 Å². The van der Waals surface area contributed by atoms with Crippen LogP contribution in [-0.2, 0) is 17.8 Å². The number of likely N-dealkylation sites (N-methyl/N-ethyl adjacent to an activating group) is 1. The molecule has 7 nitrogen and oxygen atoms in total. The molecule has 0 radical (unpaired) electrons. The average Bonchev–Trinajstić information content (AvgIpc) is 3.28. The molecule has 1 saturated heterocycles. The molecule has 0 N–H and O–H groups in total. The third kappa shape index (κ3) is 3.81. The molecular formula is C21H30N6O. The zero-order valence-corrected chi connectivity index (χ0v) is 17.4. The maximum Gasteiger partial charge on any atom is 0.224 e. The second kappa shape index (κ2) is 7.62. The van der Waals surface area contributed by atoms with Gasteiger partial charge in [0, 0.05) is 68.1 Å². The molecule has 1 fully saturated rings. The lowest BCUT2D eigenvalue weighted by molar-refractivity contribution is -0.131. The van der Waals surface area contributed by atoms with Gasteiger partial charge in [-0.05, 0) is 40.3 Å². The Kier molecular flexibility index (Phi) is 5.19. The first-order chi connectivity index (χ1) is 13.4. The molecule has 2 atom stereocenters. The van der Waals surface area contributed by atoms with E-state index in [1.165, 1.54) is 11.3 Å². The second-order valence-electron chi connectivity index (χ2n) is 8.44. The maximum atomic E-state index is 12.8. The number of likely N-dealkylation sites (tertiary alicyclic amines) is 1. The Morgan fingerprint density at radius 2 is 2.14 bits per heavy atom. The molecule has 4 heterocycles. The average molecular weight is 383 g/mol.